The second-order valence-electron chi connectivity index (χ2n) is 6.56. The van der Waals surface area contributed by atoms with E-state index in [-0.39, 0.29) is 18.8 Å². The molecule has 1 aliphatic heterocycles. The predicted octanol–water partition coefficient (Wildman–Crippen LogP) is 2.96. The van der Waals surface area contributed by atoms with Crippen molar-refractivity contribution in [3.8, 4) is 23.6 Å². The Morgan fingerprint density at radius 3 is 2.46 bits per heavy atom. The van der Waals surface area contributed by atoms with Gasteiger partial charge in [-0.15, -0.1) is 0 Å². The van der Waals surface area contributed by atoms with E-state index in [1.54, 1.807) is 25.3 Å². The van der Waals surface area contributed by atoms with Crippen LogP contribution in [0.3, 0.4) is 0 Å². The fourth-order valence-corrected chi connectivity index (χ4v) is 4.15. The topological polar surface area (TPSA) is 89.5 Å². The fourth-order valence-electron chi connectivity index (χ4n) is 2.86. The monoisotopic (exact) mass is 399 g/mol. The average Bonchev–Trinajstić information content (AvgIpc) is 2.69. The van der Waals surface area contributed by atoms with Gasteiger partial charge in [0.2, 0.25) is 0 Å². The minimum Gasteiger partial charge on any atom is -0.497 e. The molecule has 0 atom stereocenters. The number of aliphatic hydroxyl groups is 1. The van der Waals surface area contributed by atoms with Gasteiger partial charge >= 0.3 is 0 Å². The molecule has 1 N–H and O–H groups in total. The van der Waals surface area contributed by atoms with E-state index in [2.05, 4.69) is 6.07 Å². The summed E-state index contributed by atoms with van der Waals surface area (Å²) in [7, 11) is 1.55. The standard InChI is InChI=1S/C20H18FN3O3S/c1-26-16-4-5-19(15(6-16)9-23)28-24-10-20(11-24,12-25)13-27-17-3-2-14(8-22)18(21)7-17/h2-7,25H,10-13H2,1H3. The Labute approximate surface area is 166 Å². The van der Waals surface area contributed by atoms with Crippen LogP contribution in [0.15, 0.2) is 41.3 Å². The second kappa shape index (κ2) is 8.49. The number of nitriles is 2. The van der Waals surface area contributed by atoms with Crippen molar-refractivity contribution in [1.82, 2.24) is 4.31 Å². The van der Waals surface area contributed by atoms with Crippen LogP contribution >= 0.6 is 11.9 Å². The van der Waals surface area contributed by atoms with Crippen molar-refractivity contribution in [2.45, 2.75) is 4.90 Å². The van der Waals surface area contributed by atoms with Gasteiger partial charge in [0.1, 0.15) is 29.5 Å². The molecule has 0 saturated carbocycles. The van der Waals surface area contributed by atoms with Gasteiger partial charge in [-0.1, -0.05) is 0 Å². The van der Waals surface area contributed by atoms with Crippen LogP contribution in [0.2, 0.25) is 0 Å². The summed E-state index contributed by atoms with van der Waals surface area (Å²) in [6.07, 6.45) is 0. The van der Waals surface area contributed by atoms with Gasteiger partial charge in [0.05, 0.1) is 36.9 Å². The van der Waals surface area contributed by atoms with Gasteiger partial charge in [0.15, 0.2) is 0 Å². The zero-order valence-electron chi connectivity index (χ0n) is 15.2. The lowest BCUT2D eigenvalue weighted by Gasteiger charge is -2.47. The molecule has 0 amide bonds. The largest absolute Gasteiger partial charge is 0.497 e. The highest BCUT2D eigenvalue weighted by Gasteiger charge is 2.44. The Bertz CT molecular complexity index is 949. The van der Waals surface area contributed by atoms with Crippen molar-refractivity contribution in [3.05, 3.63) is 53.3 Å². The van der Waals surface area contributed by atoms with Crippen LogP contribution in [0.25, 0.3) is 0 Å². The maximum absolute atomic E-state index is 13.7. The molecule has 1 heterocycles. The molecule has 3 rings (SSSR count). The molecule has 2 aromatic rings. The molecule has 0 spiro atoms. The van der Waals surface area contributed by atoms with Crippen molar-refractivity contribution in [2.24, 2.45) is 5.41 Å². The summed E-state index contributed by atoms with van der Waals surface area (Å²) >= 11 is 1.44. The minimum atomic E-state index is -0.632. The first kappa shape index (κ1) is 20.0. The lowest BCUT2D eigenvalue weighted by molar-refractivity contribution is -0.0227. The van der Waals surface area contributed by atoms with E-state index in [0.29, 0.717) is 30.2 Å². The number of hydrogen-bond acceptors (Lipinski definition) is 7. The van der Waals surface area contributed by atoms with Crippen molar-refractivity contribution in [2.75, 3.05) is 33.4 Å². The molecule has 1 fully saturated rings. The molecule has 0 unspecified atom stereocenters. The van der Waals surface area contributed by atoms with Gasteiger partial charge in [-0.25, -0.2) is 8.70 Å². The van der Waals surface area contributed by atoms with Gasteiger partial charge in [-0.3, -0.25) is 0 Å². The van der Waals surface area contributed by atoms with E-state index in [1.165, 1.54) is 30.1 Å². The van der Waals surface area contributed by atoms with Crippen molar-refractivity contribution >= 4 is 11.9 Å². The van der Waals surface area contributed by atoms with E-state index in [0.717, 1.165) is 4.90 Å². The molecule has 0 aliphatic carbocycles. The molecule has 1 saturated heterocycles. The molecule has 144 valence electrons. The number of aliphatic hydroxyl groups excluding tert-OH is 1. The van der Waals surface area contributed by atoms with Crippen molar-refractivity contribution in [3.63, 3.8) is 0 Å². The average molecular weight is 399 g/mol. The highest BCUT2D eigenvalue weighted by atomic mass is 32.2. The van der Waals surface area contributed by atoms with Crippen LogP contribution in [0, 0.1) is 33.9 Å². The molecular weight excluding hydrogens is 381 g/mol. The third-order valence-electron chi connectivity index (χ3n) is 4.50. The Morgan fingerprint density at radius 2 is 1.86 bits per heavy atom. The van der Waals surface area contributed by atoms with Crippen LogP contribution in [0.1, 0.15) is 11.1 Å². The maximum Gasteiger partial charge on any atom is 0.144 e. The smallest absolute Gasteiger partial charge is 0.144 e. The number of methoxy groups -OCH3 is 1. The highest BCUT2D eigenvalue weighted by Crippen LogP contribution is 2.40. The van der Waals surface area contributed by atoms with E-state index in [9.17, 15) is 14.8 Å². The zero-order valence-corrected chi connectivity index (χ0v) is 16.0. The van der Waals surface area contributed by atoms with Crippen molar-refractivity contribution in [1.29, 1.82) is 10.5 Å². The first-order valence-corrected chi connectivity index (χ1v) is 9.24. The number of benzene rings is 2. The number of nitrogens with zero attached hydrogens (tertiary/aromatic N) is 3. The summed E-state index contributed by atoms with van der Waals surface area (Å²) < 4.78 is 26.5. The van der Waals surface area contributed by atoms with E-state index in [1.807, 2.05) is 10.4 Å². The quantitative estimate of drug-likeness (QED) is 0.716. The highest BCUT2D eigenvalue weighted by molar-refractivity contribution is 7.97. The Morgan fingerprint density at radius 1 is 1.14 bits per heavy atom. The number of rotatable bonds is 7. The molecule has 2 aromatic carbocycles. The first-order valence-electron chi connectivity index (χ1n) is 8.47. The summed E-state index contributed by atoms with van der Waals surface area (Å²) in [5, 5.41) is 27.9. The lowest BCUT2D eigenvalue weighted by atomic mass is 9.83. The summed E-state index contributed by atoms with van der Waals surface area (Å²) in [5.41, 5.74) is 0.0230. The predicted molar refractivity (Wildman–Crippen MR) is 101 cm³/mol. The second-order valence-corrected chi connectivity index (χ2v) is 7.70. The minimum absolute atomic E-state index is 0.0387. The number of halogens is 1. The normalized spacial score (nSPS) is 15.2. The van der Waals surface area contributed by atoms with Gasteiger partial charge < -0.3 is 14.6 Å². The third kappa shape index (κ3) is 4.20. The van der Waals surface area contributed by atoms with Gasteiger partial charge in [0.25, 0.3) is 0 Å². The third-order valence-corrected chi connectivity index (χ3v) is 5.57. The summed E-state index contributed by atoms with van der Waals surface area (Å²) in [4.78, 5) is 0.810. The SMILES string of the molecule is COc1ccc(SN2CC(CO)(COc3ccc(C#N)c(F)c3)C2)c(C#N)c1. The summed E-state index contributed by atoms with van der Waals surface area (Å²) in [6.45, 7) is 1.27. The molecule has 6 nitrogen and oxygen atoms in total. The van der Waals surface area contributed by atoms with Crippen molar-refractivity contribution < 1.29 is 19.0 Å². The number of hydrogen-bond donors (Lipinski definition) is 1. The Hall–Kier alpha value is -2.78. The fraction of sp³-hybridized carbons (Fsp3) is 0.300. The van der Waals surface area contributed by atoms with Gasteiger partial charge in [-0.2, -0.15) is 10.5 Å². The molecule has 1 aliphatic rings. The zero-order chi connectivity index (χ0) is 20.1. The summed E-state index contributed by atoms with van der Waals surface area (Å²) in [5.74, 6) is 0.307. The Balaban J connectivity index is 1.59. The summed E-state index contributed by atoms with van der Waals surface area (Å²) in [6, 6.07) is 13.3. The molecule has 0 aromatic heterocycles. The van der Waals surface area contributed by atoms with Crippen LogP contribution in [0.4, 0.5) is 4.39 Å². The number of ether oxygens (including phenoxy) is 2. The molecule has 28 heavy (non-hydrogen) atoms. The van der Waals surface area contributed by atoms with E-state index < -0.39 is 11.2 Å². The van der Waals surface area contributed by atoms with E-state index in [4.69, 9.17) is 14.7 Å². The van der Waals surface area contributed by atoms with Gasteiger partial charge in [0, 0.05) is 24.1 Å². The molecule has 8 heteroatoms. The lowest BCUT2D eigenvalue weighted by Crippen LogP contribution is -2.58. The van der Waals surface area contributed by atoms with Crippen LogP contribution < -0.4 is 9.47 Å². The Kier molecular flexibility index (Phi) is 6.05. The van der Waals surface area contributed by atoms with Crippen LogP contribution in [-0.4, -0.2) is 42.8 Å². The molecule has 0 radical (unpaired) electrons. The molecule has 0 bridgehead atoms. The first-order chi connectivity index (χ1) is 13.5. The molecular formula is C20H18FN3O3S. The van der Waals surface area contributed by atoms with E-state index >= 15 is 0 Å². The van der Waals surface area contributed by atoms with Crippen LogP contribution in [0.5, 0.6) is 11.5 Å². The van der Waals surface area contributed by atoms with Crippen LogP contribution in [-0.2, 0) is 0 Å². The maximum atomic E-state index is 13.7. The van der Waals surface area contributed by atoms with Gasteiger partial charge in [-0.05, 0) is 42.3 Å².